The van der Waals surface area contributed by atoms with Crippen molar-refractivity contribution in [3.8, 4) is 21.1 Å². The van der Waals surface area contributed by atoms with E-state index in [1.54, 1.807) is 22.9 Å². The zero-order valence-electron chi connectivity index (χ0n) is 22.8. The number of halogens is 6. The van der Waals surface area contributed by atoms with Crippen LogP contribution in [0.1, 0.15) is 64.3 Å². The van der Waals surface area contributed by atoms with Crippen LogP contribution in [0, 0.1) is 0 Å². The molecular formula is C27H22F6N4O4S4. The molecule has 0 fully saturated rings. The molecule has 18 heteroatoms. The summed E-state index contributed by atoms with van der Waals surface area (Å²) in [6.07, 6.45) is -7.25. The van der Waals surface area contributed by atoms with Crippen molar-refractivity contribution >= 4 is 79.0 Å². The number of carbonyl (C=O) groups excluding carboxylic acids is 4. The van der Waals surface area contributed by atoms with E-state index in [4.69, 9.17) is 0 Å². The first-order chi connectivity index (χ1) is 21.2. The lowest BCUT2D eigenvalue weighted by atomic mass is 10.1. The molecule has 2 amide bonds. The zero-order chi connectivity index (χ0) is 32.8. The summed E-state index contributed by atoms with van der Waals surface area (Å²) in [6, 6.07) is 6.27. The number of hydrogen-bond donors (Lipinski definition) is 2. The van der Waals surface area contributed by atoms with Crippen molar-refractivity contribution in [1.82, 2.24) is 9.97 Å². The first-order valence-corrected chi connectivity index (χ1v) is 16.6. The highest BCUT2D eigenvalue weighted by Gasteiger charge is 2.43. The van der Waals surface area contributed by atoms with Crippen molar-refractivity contribution < 1.29 is 45.5 Å². The Hall–Kier alpha value is -3.48. The van der Waals surface area contributed by atoms with Gasteiger partial charge in [0, 0.05) is 12.8 Å². The van der Waals surface area contributed by atoms with Gasteiger partial charge in [-0.1, -0.05) is 54.1 Å². The Labute approximate surface area is 267 Å². The minimum absolute atomic E-state index is 0.0621. The van der Waals surface area contributed by atoms with E-state index >= 15 is 0 Å². The number of anilines is 2. The molecule has 45 heavy (non-hydrogen) atoms. The topological polar surface area (TPSA) is 118 Å². The van der Waals surface area contributed by atoms with Crippen LogP contribution in [0.3, 0.4) is 0 Å². The van der Waals surface area contributed by atoms with E-state index < -0.39 is 45.5 Å². The van der Waals surface area contributed by atoms with Gasteiger partial charge in [-0.25, -0.2) is 9.97 Å². The summed E-state index contributed by atoms with van der Waals surface area (Å²) in [5, 5.41) is 7.94. The second-order valence-corrected chi connectivity index (χ2v) is 13.3. The lowest BCUT2D eigenvalue weighted by Gasteiger charge is -2.04. The predicted octanol–water partition coefficient (Wildman–Crippen LogP) is 8.85. The van der Waals surface area contributed by atoms with Gasteiger partial charge in [-0.05, 0) is 35.7 Å². The van der Waals surface area contributed by atoms with E-state index in [0.29, 0.717) is 64.5 Å². The molecule has 0 bridgehead atoms. The van der Waals surface area contributed by atoms with Crippen LogP contribution in [-0.4, -0.2) is 45.7 Å². The number of nitrogens with zero attached hydrogens (tertiary/aromatic N) is 2. The maximum absolute atomic E-state index is 13.1. The molecular weight excluding hydrogens is 687 g/mol. The molecule has 4 aromatic heterocycles. The number of thiophene rings is 2. The standard InChI is InChI=1S/C27H22F6N4O4S4/c28-26(29,30)22(40)20-18(14-8-6-12-42-14)36-24(44-20)34-16(38)10-4-2-1-3-5-11-17(39)35-25-37-19(15-9-7-13-43-15)21(45-25)23(41)27(31,32)33/h6-9,12-13H,1-5,10-11H2,(H,34,36,38)(H,35,37,39). The molecule has 0 unspecified atom stereocenters. The molecule has 0 saturated carbocycles. The average Bonchev–Trinajstić information content (AvgIpc) is 3.77. The smallest absolute Gasteiger partial charge is 0.302 e. The minimum atomic E-state index is -5.09. The molecule has 0 spiro atoms. The van der Waals surface area contributed by atoms with Gasteiger partial charge in [0.1, 0.15) is 21.1 Å². The third-order valence-electron chi connectivity index (χ3n) is 5.99. The van der Waals surface area contributed by atoms with Gasteiger partial charge in [0.2, 0.25) is 11.8 Å². The van der Waals surface area contributed by atoms with Gasteiger partial charge in [-0.15, -0.1) is 22.7 Å². The summed E-state index contributed by atoms with van der Waals surface area (Å²) in [5.74, 6) is -5.01. The molecule has 0 aliphatic rings. The lowest BCUT2D eigenvalue weighted by Crippen LogP contribution is -2.22. The second-order valence-electron chi connectivity index (χ2n) is 9.37. The van der Waals surface area contributed by atoms with E-state index in [9.17, 15) is 45.5 Å². The number of hydrogen-bond acceptors (Lipinski definition) is 10. The highest BCUT2D eigenvalue weighted by molar-refractivity contribution is 7.19. The SMILES string of the molecule is O=C(CCCCCCCC(=O)Nc1nc(-c2cccs2)c(C(=O)C(F)(F)F)s1)Nc1nc(-c2cccs2)c(C(=O)C(F)(F)F)s1. The third kappa shape index (κ3) is 9.27. The van der Waals surface area contributed by atoms with Crippen LogP contribution in [-0.2, 0) is 9.59 Å². The van der Waals surface area contributed by atoms with Crippen molar-refractivity contribution in [3.05, 3.63) is 44.8 Å². The molecule has 8 nitrogen and oxygen atoms in total. The van der Waals surface area contributed by atoms with Crippen LogP contribution < -0.4 is 10.6 Å². The largest absolute Gasteiger partial charge is 0.455 e. The predicted molar refractivity (Wildman–Crippen MR) is 161 cm³/mol. The molecule has 0 atom stereocenters. The summed E-state index contributed by atoms with van der Waals surface area (Å²) in [5.41, 5.74) is -0.269. The fourth-order valence-electron chi connectivity index (χ4n) is 3.94. The number of thiazole rings is 2. The number of nitrogens with one attached hydrogen (secondary N) is 2. The van der Waals surface area contributed by atoms with Gasteiger partial charge < -0.3 is 10.6 Å². The van der Waals surface area contributed by atoms with Crippen LogP contribution in [0.2, 0.25) is 0 Å². The van der Waals surface area contributed by atoms with Gasteiger partial charge in [0.25, 0.3) is 11.6 Å². The Bertz CT molecular complexity index is 1520. The van der Waals surface area contributed by atoms with Crippen LogP contribution in [0.15, 0.2) is 35.0 Å². The van der Waals surface area contributed by atoms with Crippen molar-refractivity contribution in [3.63, 3.8) is 0 Å². The molecule has 4 aromatic rings. The number of carbonyl (C=O) groups is 4. The molecule has 0 saturated heterocycles. The Kier molecular flexibility index (Phi) is 11.3. The maximum atomic E-state index is 13.1. The fourth-order valence-corrected chi connectivity index (χ4v) is 7.42. The minimum Gasteiger partial charge on any atom is -0.302 e. The van der Waals surface area contributed by atoms with E-state index in [-0.39, 0.29) is 34.5 Å². The summed E-state index contributed by atoms with van der Waals surface area (Å²) in [4.78, 5) is 56.1. The number of unbranched alkanes of at least 4 members (excludes halogenated alkanes) is 4. The van der Waals surface area contributed by atoms with E-state index in [0.717, 1.165) is 22.7 Å². The Morgan fingerprint density at radius 3 is 1.33 bits per heavy atom. The van der Waals surface area contributed by atoms with Crippen molar-refractivity contribution in [2.75, 3.05) is 10.6 Å². The fraction of sp³-hybridized carbons (Fsp3) is 0.333. The van der Waals surface area contributed by atoms with Crippen LogP contribution >= 0.6 is 45.3 Å². The van der Waals surface area contributed by atoms with Gasteiger partial charge >= 0.3 is 12.4 Å². The highest BCUT2D eigenvalue weighted by atomic mass is 32.1. The average molecular weight is 709 g/mol. The second kappa shape index (κ2) is 14.7. The molecule has 0 radical (unpaired) electrons. The monoisotopic (exact) mass is 708 g/mol. The summed E-state index contributed by atoms with van der Waals surface area (Å²) < 4.78 is 78.4. The van der Waals surface area contributed by atoms with Gasteiger partial charge in [0.05, 0.1) is 9.75 Å². The summed E-state index contributed by atoms with van der Waals surface area (Å²) >= 11 is 3.16. The van der Waals surface area contributed by atoms with Gasteiger partial charge in [-0.2, -0.15) is 26.3 Å². The number of aromatic nitrogens is 2. The first kappa shape index (κ1) is 34.4. The number of ketones is 2. The maximum Gasteiger partial charge on any atom is 0.455 e. The molecule has 0 aliphatic heterocycles. The molecule has 0 aromatic carbocycles. The van der Waals surface area contributed by atoms with Crippen LogP contribution in [0.4, 0.5) is 36.6 Å². The molecule has 4 heterocycles. The van der Waals surface area contributed by atoms with Crippen molar-refractivity contribution in [2.45, 2.75) is 57.3 Å². The van der Waals surface area contributed by atoms with Crippen LogP contribution in [0.25, 0.3) is 21.1 Å². The highest BCUT2D eigenvalue weighted by Crippen LogP contribution is 2.39. The quantitative estimate of drug-likeness (QED) is 0.0768. The summed E-state index contributed by atoms with van der Waals surface area (Å²) in [6.45, 7) is 0. The van der Waals surface area contributed by atoms with Gasteiger partial charge in [0.15, 0.2) is 10.3 Å². The Morgan fingerprint density at radius 2 is 1.00 bits per heavy atom. The van der Waals surface area contributed by atoms with E-state index in [1.807, 2.05) is 0 Å². The van der Waals surface area contributed by atoms with E-state index in [1.165, 1.54) is 12.1 Å². The van der Waals surface area contributed by atoms with Crippen molar-refractivity contribution in [1.29, 1.82) is 0 Å². The number of Topliss-reactive ketones (excluding diaryl/α,β-unsaturated/α-hetero) is 2. The van der Waals surface area contributed by atoms with Gasteiger partial charge in [-0.3, -0.25) is 19.2 Å². The van der Waals surface area contributed by atoms with Crippen molar-refractivity contribution in [2.24, 2.45) is 0 Å². The lowest BCUT2D eigenvalue weighted by molar-refractivity contribution is -0.117. The Balaban J connectivity index is 1.19. The summed E-state index contributed by atoms with van der Waals surface area (Å²) in [7, 11) is 0. The first-order valence-electron chi connectivity index (χ1n) is 13.2. The Morgan fingerprint density at radius 1 is 0.622 bits per heavy atom. The van der Waals surface area contributed by atoms with Crippen LogP contribution in [0.5, 0.6) is 0 Å². The molecule has 2 N–H and O–H groups in total. The zero-order valence-corrected chi connectivity index (χ0v) is 26.1. The number of alkyl halides is 6. The van der Waals surface area contributed by atoms with E-state index in [2.05, 4.69) is 20.6 Å². The molecule has 0 aliphatic carbocycles. The number of amides is 2. The molecule has 240 valence electrons. The molecule has 4 rings (SSSR count). The number of rotatable bonds is 14. The third-order valence-corrected chi connectivity index (χ3v) is 9.68. The normalized spacial score (nSPS) is 11.9.